The molecule has 0 aliphatic heterocycles. The van der Waals surface area contributed by atoms with Crippen LogP contribution < -0.4 is 16.0 Å². The van der Waals surface area contributed by atoms with Crippen LogP contribution in [0.15, 0.2) is 47.1 Å². The minimum Gasteiger partial charge on any atom is -0.459 e. The van der Waals surface area contributed by atoms with E-state index in [1.165, 1.54) is 17.2 Å². The van der Waals surface area contributed by atoms with Gasteiger partial charge in [0.2, 0.25) is 11.8 Å². The molecule has 1 aromatic carbocycles. The number of carbonyl (C=O) groups is 4. The van der Waals surface area contributed by atoms with Gasteiger partial charge in [0.1, 0.15) is 0 Å². The first-order chi connectivity index (χ1) is 13.4. The molecular formula is C19H22N4O5. The molecule has 0 spiro atoms. The number of furan rings is 1. The number of hydrogen-bond donors (Lipinski definition) is 3. The summed E-state index contributed by atoms with van der Waals surface area (Å²) in [7, 11) is 3.17. The lowest BCUT2D eigenvalue weighted by atomic mass is 10.1. The SMILES string of the molecule is CNC(=O)c1ccc(CN(C)C(=O)CNC(=O)CNC(=O)c2ccco2)cc1. The Morgan fingerprint density at radius 1 is 0.964 bits per heavy atom. The van der Waals surface area contributed by atoms with Gasteiger partial charge in [-0.25, -0.2) is 0 Å². The number of nitrogens with one attached hydrogen (secondary N) is 3. The van der Waals surface area contributed by atoms with E-state index in [4.69, 9.17) is 4.42 Å². The van der Waals surface area contributed by atoms with Gasteiger partial charge in [-0.15, -0.1) is 0 Å². The average Bonchev–Trinajstić information content (AvgIpc) is 3.25. The maximum absolute atomic E-state index is 12.1. The van der Waals surface area contributed by atoms with E-state index in [2.05, 4.69) is 16.0 Å². The minimum absolute atomic E-state index is 0.103. The maximum Gasteiger partial charge on any atom is 0.287 e. The van der Waals surface area contributed by atoms with Crippen LogP contribution in [0.4, 0.5) is 0 Å². The number of amides is 4. The van der Waals surface area contributed by atoms with E-state index < -0.39 is 11.8 Å². The van der Waals surface area contributed by atoms with Gasteiger partial charge >= 0.3 is 0 Å². The maximum atomic E-state index is 12.1. The Morgan fingerprint density at radius 2 is 1.68 bits per heavy atom. The van der Waals surface area contributed by atoms with E-state index >= 15 is 0 Å². The summed E-state index contributed by atoms with van der Waals surface area (Å²) in [5.41, 5.74) is 1.38. The molecule has 9 heteroatoms. The van der Waals surface area contributed by atoms with Gasteiger partial charge in [0, 0.05) is 26.2 Å². The lowest BCUT2D eigenvalue weighted by Gasteiger charge is -2.18. The fourth-order valence-corrected chi connectivity index (χ4v) is 2.29. The van der Waals surface area contributed by atoms with Crippen LogP contribution in [0.1, 0.15) is 26.5 Å². The van der Waals surface area contributed by atoms with Gasteiger partial charge in [-0.3, -0.25) is 19.2 Å². The summed E-state index contributed by atoms with van der Waals surface area (Å²) >= 11 is 0. The Bertz CT molecular complexity index is 831. The molecule has 0 fully saturated rings. The van der Waals surface area contributed by atoms with Gasteiger partial charge in [-0.05, 0) is 29.8 Å². The first-order valence-electron chi connectivity index (χ1n) is 8.54. The molecule has 148 valence electrons. The standard InChI is InChI=1S/C19H22N4O5/c1-20-18(26)14-7-5-13(6-8-14)12-23(2)17(25)11-21-16(24)10-22-19(27)15-4-3-9-28-15/h3-9H,10-12H2,1-2H3,(H,20,26)(H,21,24)(H,22,27). The van der Waals surface area contributed by atoms with Crippen LogP contribution in [-0.4, -0.2) is 55.7 Å². The summed E-state index contributed by atoms with van der Waals surface area (Å²) in [5, 5.41) is 7.38. The lowest BCUT2D eigenvalue weighted by molar-refractivity contribution is -0.132. The molecule has 28 heavy (non-hydrogen) atoms. The minimum atomic E-state index is -0.510. The zero-order chi connectivity index (χ0) is 20.5. The summed E-state index contributed by atoms with van der Waals surface area (Å²) in [5.74, 6) is -1.37. The summed E-state index contributed by atoms with van der Waals surface area (Å²) in [6.07, 6.45) is 1.36. The highest BCUT2D eigenvalue weighted by molar-refractivity contribution is 5.95. The molecule has 0 saturated heterocycles. The normalized spacial score (nSPS) is 10.1. The molecule has 2 aromatic rings. The summed E-state index contributed by atoms with van der Waals surface area (Å²) in [6, 6.07) is 9.92. The highest BCUT2D eigenvalue weighted by Crippen LogP contribution is 2.07. The molecule has 0 atom stereocenters. The molecule has 0 aliphatic rings. The fourth-order valence-electron chi connectivity index (χ4n) is 2.29. The van der Waals surface area contributed by atoms with E-state index in [1.54, 1.807) is 44.4 Å². The first kappa shape index (κ1) is 20.7. The Morgan fingerprint density at radius 3 is 2.29 bits per heavy atom. The molecule has 2 rings (SSSR count). The average molecular weight is 386 g/mol. The van der Waals surface area contributed by atoms with Gasteiger partial charge in [-0.1, -0.05) is 12.1 Å². The zero-order valence-electron chi connectivity index (χ0n) is 15.7. The Kier molecular flexibility index (Phi) is 7.32. The van der Waals surface area contributed by atoms with Crippen molar-refractivity contribution < 1.29 is 23.6 Å². The van der Waals surface area contributed by atoms with Gasteiger partial charge in [-0.2, -0.15) is 0 Å². The number of carbonyl (C=O) groups excluding carboxylic acids is 4. The topological polar surface area (TPSA) is 121 Å². The van der Waals surface area contributed by atoms with Crippen LogP contribution in [0.5, 0.6) is 0 Å². The van der Waals surface area contributed by atoms with Crippen molar-refractivity contribution in [3.05, 3.63) is 59.5 Å². The number of rotatable bonds is 8. The number of benzene rings is 1. The molecule has 3 N–H and O–H groups in total. The Hall–Kier alpha value is -3.62. The summed E-state index contributed by atoms with van der Waals surface area (Å²) in [4.78, 5) is 48.5. The fraction of sp³-hybridized carbons (Fsp3) is 0.263. The molecule has 4 amide bonds. The van der Waals surface area contributed by atoms with E-state index in [-0.39, 0.29) is 30.7 Å². The molecule has 0 bridgehead atoms. The van der Waals surface area contributed by atoms with Crippen molar-refractivity contribution in [1.82, 2.24) is 20.9 Å². The van der Waals surface area contributed by atoms with E-state index in [9.17, 15) is 19.2 Å². The number of hydrogen-bond acceptors (Lipinski definition) is 5. The van der Waals surface area contributed by atoms with Gasteiger partial charge in [0.15, 0.2) is 5.76 Å². The smallest absolute Gasteiger partial charge is 0.287 e. The third-order valence-corrected chi connectivity index (χ3v) is 3.88. The zero-order valence-corrected chi connectivity index (χ0v) is 15.7. The van der Waals surface area contributed by atoms with Gasteiger partial charge < -0.3 is 25.3 Å². The second kappa shape index (κ2) is 9.91. The molecule has 0 radical (unpaired) electrons. The molecule has 0 saturated carbocycles. The number of likely N-dealkylation sites (N-methyl/N-ethyl adjacent to an activating group) is 1. The monoisotopic (exact) mass is 386 g/mol. The van der Waals surface area contributed by atoms with Crippen LogP contribution in [0.3, 0.4) is 0 Å². The molecular weight excluding hydrogens is 364 g/mol. The predicted molar refractivity (Wildman–Crippen MR) is 100 cm³/mol. The summed E-state index contributed by atoms with van der Waals surface area (Å²) in [6.45, 7) is -0.127. The molecule has 0 unspecified atom stereocenters. The number of nitrogens with zero attached hydrogens (tertiary/aromatic N) is 1. The third-order valence-electron chi connectivity index (χ3n) is 3.88. The van der Waals surface area contributed by atoms with Crippen LogP contribution >= 0.6 is 0 Å². The molecule has 1 aromatic heterocycles. The highest BCUT2D eigenvalue weighted by atomic mass is 16.3. The second-order valence-electron chi connectivity index (χ2n) is 5.96. The van der Waals surface area contributed by atoms with E-state index in [1.807, 2.05) is 0 Å². The van der Waals surface area contributed by atoms with E-state index in [0.29, 0.717) is 12.1 Å². The molecule has 1 heterocycles. The van der Waals surface area contributed by atoms with Gasteiger partial charge in [0.25, 0.3) is 11.8 Å². The quantitative estimate of drug-likeness (QED) is 0.596. The van der Waals surface area contributed by atoms with Crippen molar-refractivity contribution in [1.29, 1.82) is 0 Å². The predicted octanol–water partition coefficient (Wildman–Crippen LogP) is 0.144. The van der Waals surface area contributed by atoms with Crippen LogP contribution in [0.2, 0.25) is 0 Å². The lowest BCUT2D eigenvalue weighted by Crippen LogP contribution is -2.42. The van der Waals surface area contributed by atoms with Crippen LogP contribution in [0, 0.1) is 0 Å². The van der Waals surface area contributed by atoms with Crippen molar-refractivity contribution in [2.45, 2.75) is 6.54 Å². The largest absolute Gasteiger partial charge is 0.459 e. The van der Waals surface area contributed by atoms with E-state index in [0.717, 1.165) is 5.56 Å². The van der Waals surface area contributed by atoms with Crippen molar-refractivity contribution in [3.63, 3.8) is 0 Å². The highest BCUT2D eigenvalue weighted by Gasteiger charge is 2.13. The first-order valence-corrected chi connectivity index (χ1v) is 8.54. The second-order valence-corrected chi connectivity index (χ2v) is 5.96. The van der Waals surface area contributed by atoms with Gasteiger partial charge in [0.05, 0.1) is 19.4 Å². The van der Waals surface area contributed by atoms with Crippen molar-refractivity contribution in [2.24, 2.45) is 0 Å². The van der Waals surface area contributed by atoms with Crippen molar-refractivity contribution in [3.8, 4) is 0 Å². The molecule has 9 nitrogen and oxygen atoms in total. The van der Waals surface area contributed by atoms with Crippen LogP contribution in [0.25, 0.3) is 0 Å². The van der Waals surface area contributed by atoms with Crippen molar-refractivity contribution >= 4 is 23.6 Å². The Balaban J connectivity index is 1.73. The van der Waals surface area contributed by atoms with Crippen molar-refractivity contribution in [2.75, 3.05) is 27.2 Å². The molecule has 0 aliphatic carbocycles. The van der Waals surface area contributed by atoms with Crippen LogP contribution in [-0.2, 0) is 16.1 Å². The Labute approximate surface area is 162 Å². The third kappa shape index (κ3) is 5.97. The summed E-state index contributed by atoms with van der Waals surface area (Å²) < 4.78 is 4.91.